The Labute approximate surface area is 75.4 Å². The molecule has 2 aliphatic heterocycles. The van der Waals surface area contributed by atoms with Gasteiger partial charge in [0, 0.05) is 41.4 Å². The lowest BCUT2D eigenvalue weighted by Crippen LogP contribution is -2.48. The van der Waals surface area contributed by atoms with Crippen LogP contribution in [-0.4, -0.2) is 29.4 Å². The first kappa shape index (κ1) is 7.31. The number of halogens is 1. The Morgan fingerprint density at radius 1 is 1.20 bits per heavy atom. The van der Waals surface area contributed by atoms with Crippen LogP contribution >= 0.6 is 22.9 Å². The molecule has 2 nitrogen and oxygen atoms in total. The number of hydrogen-bond donors (Lipinski definition) is 0. The van der Waals surface area contributed by atoms with E-state index in [1.807, 2.05) is 0 Å². The first-order valence-corrected chi connectivity index (χ1v) is 4.76. The molecule has 0 aromatic carbocycles. The van der Waals surface area contributed by atoms with Crippen LogP contribution in [0.2, 0.25) is 0 Å². The summed E-state index contributed by atoms with van der Waals surface area (Å²) >= 11 is 2.41. The lowest BCUT2D eigenvalue weighted by Gasteiger charge is -2.45. The lowest BCUT2D eigenvalue weighted by molar-refractivity contribution is -0.131. The fourth-order valence-electron chi connectivity index (χ4n) is 1.63. The van der Waals surface area contributed by atoms with Crippen LogP contribution in [0.15, 0.2) is 0 Å². The molecule has 58 valence electrons. The number of hydrogen-bond acceptors (Lipinski definition) is 2. The molecule has 1 spiro atoms. The highest BCUT2D eigenvalue weighted by Gasteiger charge is 2.40. The molecule has 0 aromatic heterocycles. The van der Waals surface area contributed by atoms with Crippen LogP contribution in [0.5, 0.6) is 0 Å². The van der Waals surface area contributed by atoms with Crippen LogP contribution in [-0.2, 0) is 4.74 Å². The first-order valence-electron chi connectivity index (χ1n) is 3.79. The summed E-state index contributed by atoms with van der Waals surface area (Å²) in [6, 6.07) is 0. The molecule has 3 heteroatoms. The maximum atomic E-state index is 5.23. The number of ether oxygens (including phenoxy) is 1. The highest BCUT2D eigenvalue weighted by atomic mass is 127. The van der Waals surface area contributed by atoms with E-state index in [9.17, 15) is 0 Å². The van der Waals surface area contributed by atoms with Gasteiger partial charge in [0.15, 0.2) is 0 Å². The Morgan fingerprint density at radius 2 is 1.80 bits per heavy atom. The van der Waals surface area contributed by atoms with Gasteiger partial charge in [-0.25, -0.2) is 3.11 Å². The zero-order valence-electron chi connectivity index (χ0n) is 5.98. The molecular weight excluding hydrogens is 241 g/mol. The van der Waals surface area contributed by atoms with Crippen LogP contribution in [0.25, 0.3) is 0 Å². The minimum Gasteiger partial charge on any atom is -0.380 e. The van der Waals surface area contributed by atoms with Gasteiger partial charge in [0.25, 0.3) is 0 Å². The van der Waals surface area contributed by atoms with Crippen molar-refractivity contribution in [1.29, 1.82) is 0 Å². The van der Waals surface area contributed by atoms with Crippen molar-refractivity contribution in [2.24, 2.45) is 5.41 Å². The highest BCUT2D eigenvalue weighted by Crippen LogP contribution is 2.38. The summed E-state index contributed by atoms with van der Waals surface area (Å²) in [5.41, 5.74) is 0.613. The van der Waals surface area contributed by atoms with Crippen molar-refractivity contribution < 1.29 is 4.74 Å². The van der Waals surface area contributed by atoms with Gasteiger partial charge in [0.1, 0.15) is 0 Å². The monoisotopic (exact) mass is 253 g/mol. The molecule has 10 heavy (non-hydrogen) atoms. The number of piperidine rings is 1. The highest BCUT2D eigenvalue weighted by molar-refractivity contribution is 14.1. The SMILES string of the molecule is IN1CCC2(CC1)COC2. The molecule has 0 aromatic rings. The average Bonchev–Trinajstić information content (AvgIpc) is 1.86. The zero-order valence-corrected chi connectivity index (χ0v) is 8.13. The third-order valence-corrected chi connectivity index (χ3v) is 3.55. The zero-order chi connectivity index (χ0) is 7.03. The Kier molecular flexibility index (Phi) is 1.90. The molecule has 2 rings (SSSR count). The summed E-state index contributed by atoms with van der Waals surface area (Å²) in [6.45, 7) is 4.56. The third kappa shape index (κ3) is 1.19. The number of nitrogens with zero attached hydrogens (tertiary/aromatic N) is 1. The van der Waals surface area contributed by atoms with Crippen molar-refractivity contribution in [2.45, 2.75) is 12.8 Å². The van der Waals surface area contributed by atoms with Gasteiger partial charge in [-0.2, -0.15) is 0 Å². The van der Waals surface area contributed by atoms with Crippen molar-refractivity contribution >= 4 is 22.9 Å². The quantitative estimate of drug-likeness (QED) is 0.478. The van der Waals surface area contributed by atoms with E-state index in [0.29, 0.717) is 5.41 Å². The minimum atomic E-state index is 0.613. The van der Waals surface area contributed by atoms with Gasteiger partial charge in [-0.3, -0.25) is 0 Å². The molecule has 0 atom stereocenters. The van der Waals surface area contributed by atoms with Crippen molar-refractivity contribution in [3.63, 3.8) is 0 Å². The normalized spacial score (nSPS) is 32.1. The maximum Gasteiger partial charge on any atom is 0.0545 e. The average molecular weight is 253 g/mol. The largest absolute Gasteiger partial charge is 0.380 e. The second kappa shape index (κ2) is 2.60. The van der Waals surface area contributed by atoms with Gasteiger partial charge in [0.05, 0.1) is 13.2 Å². The van der Waals surface area contributed by atoms with Crippen LogP contribution in [0.3, 0.4) is 0 Å². The molecule has 0 amide bonds. The van der Waals surface area contributed by atoms with Gasteiger partial charge < -0.3 is 4.74 Å². The van der Waals surface area contributed by atoms with E-state index < -0.39 is 0 Å². The van der Waals surface area contributed by atoms with Crippen LogP contribution in [0, 0.1) is 5.41 Å². The fourth-order valence-corrected chi connectivity index (χ4v) is 2.12. The molecule has 2 fully saturated rings. The van der Waals surface area contributed by atoms with E-state index in [-0.39, 0.29) is 0 Å². The molecule has 2 aliphatic rings. The molecule has 0 unspecified atom stereocenters. The Balaban J connectivity index is 1.90. The molecule has 2 saturated heterocycles. The Hall–Kier alpha value is 0.650. The topological polar surface area (TPSA) is 12.5 Å². The maximum absolute atomic E-state index is 5.23. The third-order valence-electron chi connectivity index (χ3n) is 2.59. The van der Waals surface area contributed by atoms with E-state index in [4.69, 9.17) is 4.74 Å². The molecule has 0 N–H and O–H groups in total. The van der Waals surface area contributed by atoms with Crippen LogP contribution in [0.4, 0.5) is 0 Å². The van der Waals surface area contributed by atoms with Crippen LogP contribution in [0.1, 0.15) is 12.8 Å². The molecule has 2 heterocycles. The second-order valence-corrected chi connectivity index (χ2v) is 4.77. The predicted octanol–water partition coefficient (Wildman–Crippen LogP) is 1.45. The summed E-state index contributed by atoms with van der Waals surface area (Å²) in [6.07, 6.45) is 2.69. The number of rotatable bonds is 0. The van der Waals surface area contributed by atoms with Crippen molar-refractivity contribution in [3.8, 4) is 0 Å². The molecule has 0 saturated carbocycles. The van der Waals surface area contributed by atoms with E-state index >= 15 is 0 Å². The van der Waals surface area contributed by atoms with E-state index in [1.54, 1.807) is 0 Å². The molecule has 0 aliphatic carbocycles. The summed E-state index contributed by atoms with van der Waals surface area (Å²) in [5.74, 6) is 0. The fraction of sp³-hybridized carbons (Fsp3) is 1.00. The summed E-state index contributed by atoms with van der Waals surface area (Å²) in [4.78, 5) is 0. The summed E-state index contributed by atoms with van der Waals surface area (Å²) < 4.78 is 7.61. The Bertz CT molecular complexity index is 126. The summed E-state index contributed by atoms with van der Waals surface area (Å²) in [7, 11) is 0. The summed E-state index contributed by atoms with van der Waals surface area (Å²) in [5, 5.41) is 0. The van der Waals surface area contributed by atoms with Gasteiger partial charge in [0.2, 0.25) is 0 Å². The Morgan fingerprint density at radius 3 is 2.20 bits per heavy atom. The second-order valence-electron chi connectivity index (χ2n) is 3.40. The molecule has 0 radical (unpaired) electrons. The van der Waals surface area contributed by atoms with Crippen LogP contribution < -0.4 is 0 Å². The molecule has 0 bridgehead atoms. The van der Waals surface area contributed by atoms with Gasteiger partial charge in [-0.1, -0.05) is 0 Å². The minimum absolute atomic E-state index is 0.613. The van der Waals surface area contributed by atoms with E-state index in [0.717, 1.165) is 13.2 Å². The van der Waals surface area contributed by atoms with Gasteiger partial charge in [-0.15, -0.1) is 0 Å². The lowest BCUT2D eigenvalue weighted by atomic mass is 9.77. The molecular formula is C7H12INO. The van der Waals surface area contributed by atoms with Gasteiger partial charge >= 0.3 is 0 Å². The van der Waals surface area contributed by atoms with Crippen molar-refractivity contribution in [1.82, 2.24) is 3.11 Å². The van der Waals surface area contributed by atoms with Crippen molar-refractivity contribution in [3.05, 3.63) is 0 Å². The predicted molar refractivity (Wildman–Crippen MR) is 48.1 cm³/mol. The standard InChI is InChI=1S/C7H12INO/c8-9-3-1-7(2-4-9)5-10-6-7/h1-6H2. The van der Waals surface area contributed by atoms with Crippen molar-refractivity contribution in [2.75, 3.05) is 26.3 Å². The van der Waals surface area contributed by atoms with Gasteiger partial charge in [-0.05, 0) is 12.8 Å². The van der Waals surface area contributed by atoms with E-state index in [2.05, 4.69) is 26.0 Å². The first-order chi connectivity index (χ1) is 4.81. The van der Waals surface area contributed by atoms with E-state index in [1.165, 1.54) is 25.9 Å². The smallest absolute Gasteiger partial charge is 0.0545 e.